The van der Waals surface area contributed by atoms with E-state index in [1.54, 1.807) is 0 Å². The smallest absolute Gasteiger partial charge is 0.157 e. The highest BCUT2D eigenvalue weighted by molar-refractivity contribution is 6.12. The molecule has 50 heavy (non-hydrogen) atoms. The standard InChI is InChI=1S/C46H37N3O/c1-2-15-34(23-12-18-33-16-6-3-7-17-33)35-28-30-37(31-29-35)45(47)49-46(38-21-10-5-11-22-38)48-32-39-24-13-27-42-43(39)41-26-14-25-40(44(41)50-42)36-19-8-4-9-20-36/h2-17,19-31H,1,18,32H2,(H2,47,48,49)/b23-12-,34-15+. The Kier molecular flexibility index (Phi) is 9.70. The zero-order chi connectivity index (χ0) is 34.1. The van der Waals surface area contributed by atoms with Gasteiger partial charge in [0.2, 0.25) is 0 Å². The zero-order valence-corrected chi connectivity index (χ0v) is 27.7. The summed E-state index contributed by atoms with van der Waals surface area (Å²) in [6.07, 6.45) is 8.98. The Morgan fingerprint density at radius 2 is 1.36 bits per heavy atom. The minimum absolute atomic E-state index is 0.396. The maximum absolute atomic E-state index is 6.66. The predicted molar refractivity (Wildman–Crippen MR) is 210 cm³/mol. The van der Waals surface area contributed by atoms with Gasteiger partial charge in [-0.1, -0.05) is 176 Å². The third-order valence-corrected chi connectivity index (χ3v) is 8.66. The van der Waals surface area contributed by atoms with Crippen LogP contribution >= 0.6 is 0 Å². The number of nitrogens with two attached hydrogens (primary N) is 1. The lowest BCUT2D eigenvalue weighted by molar-refractivity contribution is 0.669. The Morgan fingerprint density at radius 3 is 2.10 bits per heavy atom. The number of furan rings is 1. The normalized spacial score (nSPS) is 12.6. The Hall–Kier alpha value is -6.52. The number of allylic oxidation sites excluding steroid dienone is 5. The van der Waals surface area contributed by atoms with Crippen molar-refractivity contribution in [1.29, 1.82) is 0 Å². The van der Waals surface area contributed by atoms with E-state index in [-0.39, 0.29) is 0 Å². The van der Waals surface area contributed by atoms with Crippen LogP contribution in [0.15, 0.2) is 197 Å². The molecule has 242 valence electrons. The van der Waals surface area contributed by atoms with Crippen molar-refractivity contribution in [2.75, 3.05) is 0 Å². The fourth-order valence-corrected chi connectivity index (χ4v) is 6.16. The summed E-state index contributed by atoms with van der Waals surface area (Å²) in [5.74, 6) is 0.963. The van der Waals surface area contributed by atoms with E-state index < -0.39 is 0 Å². The molecule has 0 saturated heterocycles. The van der Waals surface area contributed by atoms with Crippen LogP contribution in [0.5, 0.6) is 0 Å². The molecule has 1 aromatic heterocycles. The van der Waals surface area contributed by atoms with E-state index in [0.717, 1.165) is 67.3 Å². The van der Waals surface area contributed by atoms with Gasteiger partial charge in [0.05, 0.1) is 6.54 Å². The molecule has 0 aliphatic heterocycles. The van der Waals surface area contributed by atoms with Crippen molar-refractivity contribution in [1.82, 2.24) is 0 Å². The molecule has 0 fully saturated rings. The topological polar surface area (TPSA) is 63.9 Å². The first-order valence-electron chi connectivity index (χ1n) is 16.7. The molecule has 4 nitrogen and oxygen atoms in total. The second kappa shape index (κ2) is 15.1. The molecule has 0 spiro atoms. The van der Waals surface area contributed by atoms with Crippen LogP contribution in [0.3, 0.4) is 0 Å². The van der Waals surface area contributed by atoms with Gasteiger partial charge in [0.15, 0.2) is 5.84 Å². The summed E-state index contributed by atoms with van der Waals surface area (Å²) < 4.78 is 6.47. The van der Waals surface area contributed by atoms with Gasteiger partial charge in [-0.25, -0.2) is 4.99 Å². The Balaban J connectivity index is 1.18. The number of para-hydroxylation sites is 1. The molecule has 6 aromatic carbocycles. The first-order valence-corrected chi connectivity index (χ1v) is 16.7. The molecular formula is C46H37N3O. The minimum atomic E-state index is 0.396. The van der Waals surface area contributed by atoms with Gasteiger partial charge < -0.3 is 10.2 Å². The summed E-state index contributed by atoms with van der Waals surface area (Å²) >= 11 is 0. The maximum atomic E-state index is 6.66. The zero-order valence-electron chi connectivity index (χ0n) is 27.7. The minimum Gasteiger partial charge on any atom is -0.455 e. The number of hydrogen-bond acceptors (Lipinski definition) is 2. The van der Waals surface area contributed by atoms with Crippen LogP contribution in [0, 0.1) is 0 Å². The molecule has 1 heterocycles. The van der Waals surface area contributed by atoms with Crippen molar-refractivity contribution in [2.45, 2.75) is 13.0 Å². The molecule has 7 rings (SSSR count). The average Bonchev–Trinajstić information content (AvgIpc) is 3.57. The van der Waals surface area contributed by atoms with Crippen LogP contribution in [0.2, 0.25) is 0 Å². The Labute approximate surface area is 293 Å². The third-order valence-electron chi connectivity index (χ3n) is 8.66. The fourth-order valence-electron chi connectivity index (χ4n) is 6.16. The van der Waals surface area contributed by atoms with Crippen LogP contribution in [0.4, 0.5) is 0 Å². The molecule has 7 aromatic rings. The molecule has 0 aliphatic rings. The van der Waals surface area contributed by atoms with Crippen LogP contribution < -0.4 is 5.73 Å². The molecule has 0 aliphatic carbocycles. The largest absolute Gasteiger partial charge is 0.455 e. The van der Waals surface area contributed by atoms with E-state index >= 15 is 0 Å². The second-order valence-electron chi connectivity index (χ2n) is 12.0. The van der Waals surface area contributed by atoms with Crippen molar-refractivity contribution >= 4 is 39.2 Å². The Bertz CT molecular complexity index is 2360. The van der Waals surface area contributed by atoms with Gasteiger partial charge in [0.25, 0.3) is 0 Å². The molecule has 0 radical (unpaired) electrons. The number of amidine groups is 2. The van der Waals surface area contributed by atoms with Crippen molar-refractivity contribution in [3.63, 3.8) is 0 Å². The predicted octanol–water partition coefficient (Wildman–Crippen LogP) is 11.0. The van der Waals surface area contributed by atoms with Gasteiger partial charge in [0, 0.05) is 27.5 Å². The molecule has 0 saturated carbocycles. The fraction of sp³-hybridized carbons (Fsp3) is 0.0435. The molecule has 4 heteroatoms. The quantitative estimate of drug-likeness (QED) is 0.0912. The highest BCUT2D eigenvalue weighted by Gasteiger charge is 2.15. The number of aliphatic imine (C=N–C) groups is 2. The summed E-state index contributed by atoms with van der Waals surface area (Å²) in [7, 11) is 0. The first-order chi connectivity index (χ1) is 24.7. The van der Waals surface area contributed by atoms with Crippen molar-refractivity contribution in [3.8, 4) is 11.1 Å². The van der Waals surface area contributed by atoms with Crippen molar-refractivity contribution in [2.24, 2.45) is 15.7 Å². The van der Waals surface area contributed by atoms with E-state index in [1.165, 1.54) is 5.56 Å². The lowest BCUT2D eigenvalue weighted by Crippen LogP contribution is -2.16. The number of nitrogens with zero attached hydrogens (tertiary/aromatic N) is 2. The van der Waals surface area contributed by atoms with Crippen molar-refractivity contribution in [3.05, 3.63) is 210 Å². The molecule has 0 bridgehead atoms. The summed E-state index contributed by atoms with van der Waals surface area (Å²) in [5.41, 5.74) is 16.7. The highest BCUT2D eigenvalue weighted by atomic mass is 16.3. The molecule has 0 atom stereocenters. The van der Waals surface area contributed by atoms with Crippen molar-refractivity contribution < 1.29 is 4.42 Å². The van der Waals surface area contributed by atoms with Gasteiger partial charge in [0.1, 0.15) is 17.0 Å². The number of rotatable bonds is 10. The number of benzene rings is 6. The highest BCUT2D eigenvalue weighted by Crippen LogP contribution is 2.37. The van der Waals surface area contributed by atoms with Crippen LogP contribution in [0.1, 0.15) is 27.8 Å². The van der Waals surface area contributed by atoms with Gasteiger partial charge in [-0.05, 0) is 40.3 Å². The van der Waals surface area contributed by atoms with E-state index in [9.17, 15) is 0 Å². The molecule has 2 N–H and O–H groups in total. The van der Waals surface area contributed by atoms with Gasteiger partial charge in [-0.2, -0.15) is 0 Å². The van der Waals surface area contributed by atoms with E-state index in [4.69, 9.17) is 20.1 Å². The summed E-state index contributed by atoms with van der Waals surface area (Å²) in [6.45, 7) is 4.33. The lowest BCUT2D eigenvalue weighted by Gasteiger charge is -2.08. The van der Waals surface area contributed by atoms with E-state index in [2.05, 4.69) is 91.5 Å². The lowest BCUT2D eigenvalue weighted by atomic mass is 10.0. The third kappa shape index (κ3) is 7.15. The Morgan fingerprint density at radius 1 is 0.680 bits per heavy atom. The monoisotopic (exact) mass is 647 g/mol. The first kappa shape index (κ1) is 32.0. The van der Waals surface area contributed by atoms with Crippen LogP contribution in [-0.4, -0.2) is 11.7 Å². The van der Waals surface area contributed by atoms with Gasteiger partial charge in [-0.3, -0.25) is 4.99 Å². The summed E-state index contributed by atoms with van der Waals surface area (Å²) in [6, 6.07) is 51.3. The van der Waals surface area contributed by atoms with E-state index in [0.29, 0.717) is 18.2 Å². The number of hydrogen-bond donors (Lipinski definition) is 1. The van der Waals surface area contributed by atoms with E-state index in [1.807, 2.05) is 91.0 Å². The molecule has 0 unspecified atom stereocenters. The summed E-state index contributed by atoms with van der Waals surface area (Å²) in [5, 5.41) is 2.13. The van der Waals surface area contributed by atoms with Gasteiger partial charge >= 0.3 is 0 Å². The summed E-state index contributed by atoms with van der Waals surface area (Å²) in [4.78, 5) is 9.94. The maximum Gasteiger partial charge on any atom is 0.157 e. The second-order valence-corrected chi connectivity index (χ2v) is 12.0. The van der Waals surface area contributed by atoms with Crippen LogP contribution in [0.25, 0.3) is 38.6 Å². The number of fused-ring (bicyclic) bond motifs is 3. The van der Waals surface area contributed by atoms with Crippen LogP contribution in [-0.2, 0) is 13.0 Å². The average molecular weight is 648 g/mol. The molecular weight excluding hydrogens is 611 g/mol. The SMILES string of the molecule is C=C/C=C(\C=C/Cc1ccccc1)c1ccc(/C(N)=N/C(=N\Cc2cccc3oc4c(-c5ccccc5)cccc4c23)c2ccccc2)cc1. The molecule has 0 amide bonds. The van der Waals surface area contributed by atoms with Gasteiger partial charge in [-0.15, -0.1) is 0 Å².